The van der Waals surface area contributed by atoms with E-state index in [0.29, 0.717) is 18.6 Å². The number of rotatable bonds is 4. The molecule has 116 valence electrons. The normalized spacial score (nSPS) is 32.0. The molecule has 1 heterocycles. The fraction of sp³-hybridized carbons (Fsp3) is 0.938. The van der Waals surface area contributed by atoms with Crippen molar-refractivity contribution in [3.8, 4) is 0 Å². The number of nitrogens with one attached hydrogen (secondary N) is 1. The van der Waals surface area contributed by atoms with Gasteiger partial charge in [0.15, 0.2) is 0 Å². The first-order valence-corrected chi connectivity index (χ1v) is 7.97. The summed E-state index contributed by atoms with van der Waals surface area (Å²) >= 11 is 0. The molecule has 20 heavy (non-hydrogen) atoms. The first-order chi connectivity index (χ1) is 9.35. The molecular weight excluding hydrogens is 254 g/mol. The zero-order chi connectivity index (χ0) is 14.8. The molecule has 2 unspecified atom stereocenters. The minimum atomic E-state index is -0.716. The first kappa shape index (κ1) is 15.8. The van der Waals surface area contributed by atoms with Crippen LogP contribution in [0.4, 0.5) is 0 Å². The number of amides is 1. The third kappa shape index (κ3) is 3.73. The van der Waals surface area contributed by atoms with Gasteiger partial charge < -0.3 is 15.2 Å². The Balaban J connectivity index is 1.81. The van der Waals surface area contributed by atoms with Crippen molar-refractivity contribution in [2.45, 2.75) is 71.0 Å². The summed E-state index contributed by atoms with van der Waals surface area (Å²) < 4.78 is 5.56. The summed E-state index contributed by atoms with van der Waals surface area (Å²) in [4.78, 5) is 12.2. The SMILES string of the molecule is CCC1OCCC1C(=O)NCC1(O)CCC(C)(C)CC1. The molecule has 0 aromatic rings. The lowest BCUT2D eigenvalue weighted by Gasteiger charge is -2.40. The quantitative estimate of drug-likeness (QED) is 0.832. The monoisotopic (exact) mass is 283 g/mol. The Hall–Kier alpha value is -0.610. The summed E-state index contributed by atoms with van der Waals surface area (Å²) in [7, 11) is 0. The van der Waals surface area contributed by atoms with Gasteiger partial charge in [-0.15, -0.1) is 0 Å². The van der Waals surface area contributed by atoms with Crippen LogP contribution in [0.3, 0.4) is 0 Å². The second-order valence-corrected chi connectivity index (χ2v) is 7.32. The molecular formula is C16H29NO3. The summed E-state index contributed by atoms with van der Waals surface area (Å²) in [5, 5.41) is 13.5. The van der Waals surface area contributed by atoms with E-state index in [1.54, 1.807) is 0 Å². The standard InChI is InChI=1S/C16H29NO3/c1-4-13-12(5-10-20-13)14(18)17-11-16(19)8-6-15(2,3)7-9-16/h12-13,19H,4-11H2,1-3H3,(H,17,18). The Kier molecular flexibility index (Phi) is 4.75. The van der Waals surface area contributed by atoms with Crippen molar-refractivity contribution < 1.29 is 14.6 Å². The average molecular weight is 283 g/mol. The number of hydrogen-bond donors (Lipinski definition) is 2. The average Bonchev–Trinajstić information content (AvgIpc) is 2.89. The highest BCUT2D eigenvalue weighted by Crippen LogP contribution is 2.39. The van der Waals surface area contributed by atoms with Crippen molar-refractivity contribution in [1.29, 1.82) is 0 Å². The Labute approximate surface area is 122 Å². The number of ether oxygens (including phenoxy) is 1. The second kappa shape index (κ2) is 6.02. The third-order valence-corrected chi connectivity index (χ3v) is 5.07. The van der Waals surface area contributed by atoms with Crippen LogP contribution in [0.5, 0.6) is 0 Å². The van der Waals surface area contributed by atoms with Gasteiger partial charge in [-0.05, 0) is 43.9 Å². The van der Waals surface area contributed by atoms with E-state index in [9.17, 15) is 9.90 Å². The van der Waals surface area contributed by atoms with E-state index in [-0.39, 0.29) is 17.9 Å². The second-order valence-electron chi connectivity index (χ2n) is 7.32. The van der Waals surface area contributed by atoms with Crippen molar-refractivity contribution in [3.05, 3.63) is 0 Å². The van der Waals surface area contributed by atoms with Crippen molar-refractivity contribution in [3.63, 3.8) is 0 Å². The van der Waals surface area contributed by atoms with Gasteiger partial charge in [0.2, 0.25) is 5.91 Å². The van der Waals surface area contributed by atoms with Crippen molar-refractivity contribution in [2.75, 3.05) is 13.2 Å². The van der Waals surface area contributed by atoms with E-state index < -0.39 is 5.60 Å². The van der Waals surface area contributed by atoms with E-state index in [4.69, 9.17) is 4.74 Å². The van der Waals surface area contributed by atoms with E-state index in [1.807, 2.05) is 6.92 Å². The highest BCUT2D eigenvalue weighted by molar-refractivity contribution is 5.79. The van der Waals surface area contributed by atoms with Gasteiger partial charge in [-0.25, -0.2) is 0 Å². The van der Waals surface area contributed by atoms with Crippen molar-refractivity contribution >= 4 is 5.91 Å². The van der Waals surface area contributed by atoms with Gasteiger partial charge in [0.1, 0.15) is 0 Å². The maximum atomic E-state index is 12.2. The molecule has 4 nitrogen and oxygen atoms in total. The lowest BCUT2D eigenvalue weighted by Crippen LogP contribution is -2.48. The minimum Gasteiger partial charge on any atom is -0.388 e. The van der Waals surface area contributed by atoms with Gasteiger partial charge in [-0.3, -0.25) is 4.79 Å². The number of carbonyl (C=O) groups is 1. The van der Waals surface area contributed by atoms with E-state index in [2.05, 4.69) is 19.2 Å². The lowest BCUT2D eigenvalue weighted by atomic mass is 9.71. The highest BCUT2D eigenvalue weighted by Gasteiger charge is 2.38. The maximum absolute atomic E-state index is 12.2. The van der Waals surface area contributed by atoms with Gasteiger partial charge in [0, 0.05) is 13.2 Å². The van der Waals surface area contributed by atoms with Crippen LogP contribution in [0.2, 0.25) is 0 Å². The topological polar surface area (TPSA) is 58.6 Å². The molecule has 1 saturated heterocycles. The molecule has 0 spiro atoms. The van der Waals surface area contributed by atoms with Gasteiger partial charge in [0.05, 0.1) is 17.6 Å². The van der Waals surface area contributed by atoms with Crippen LogP contribution in [-0.4, -0.2) is 35.9 Å². The zero-order valence-electron chi connectivity index (χ0n) is 13.1. The van der Waals surface area contributed by atoms with Gasteiger partial charge in [-0.2, -0.15) is 0 Å². The predicted octanol–water partition coefficient (Wildman–Crippen LogP) is 2.25. The fourth-order valence-electron chi connectivity index (χ4n) is 3.30. The Bertz CT molecular complexity index is 344. The Morgan fingerprint density at radius 3 is 2.55 bits per heavy atom. The molecule has 2 fully saturated rings. The smallest absolute Gasteiger partial charge is 0.225 e. The van der Waals surface area contributed by atoms with Gasteiger partial charge in [0.25, 0.3) is 0 Å². The van der Waals surface area contributed by atoms with Crippen LogP contribution in [0.1, 0.15) is 59.3 Å². The van der Waals surface area contributed by atoms with Crippen LogP contribution in [0.15, 0.2) is 0 Å². The molecule has 0 bridgehead atoms. The Morgan fingerprint density at radius 2 is 1.95 bits per heavy atom. The molecule has 1 aliphatic carbocycles. The molecule has 0 aromatic heterocycles. The molecule has 1 amide bonds. The zero-order valence-corrected chi connectivity index (χ0v) is 13.1. The number of hydrogen-bond acceptors (Lipinski definition) is 3. The molecule has 2 rings (SSSR count). The van der Waals surface area contributed by atoms with Gasteiger partial charge >= 0.3 is 0 Å². The predicted molar refractivity (Wildman–Crippen MR) is 78.3 cm³/mol. The Morgan fingerprint density at radius 1 is 1.30 bits per heavy atom. The molecule has 2 aliphatic rings. The van der Waals surface area contributed by atoms with Crippen LogP contribution < -0.4 is 5.32 Å². The number of carbonyl (C=O) groups excluding carboxylic acids is 1. The summed E-state index contributed by atoms with van der Waals surface area (Å²) in [5.41, 5.74) is -0.394. The summed E-state index contributed by atoms with van der Waals surface area (Å²) in [6, 6.07) is 0. The third-order valence-electron chi connectivity index (χ3n) is 5.07. The van der Waals surface area contributed by atoms with Crippen LogP contribution in [0, 0.1) is 11.3 Å². The minimum absolute atomic E-state index is 0.0383. The van der Waals surface area contributed by atoms with E-state index in [0.717, 1.165) is 38.5 Å². The van der Waals surface area contributed by atoms with Crippen LogP contribution in [0.25, 0.3) is 0 Å². The first-order valence-electron chi connectivity index (χ1n) is 7.97. The fourth-order valence-corrected chi connectivity index (χ4v) is 3.30. The summed E-state index contributed by atoms with van der Waals surface area (Å²) in [5.74, 6) is 0.0104. The van der Waals surface area contributed by atoms with Crippen LogP contribution >= 0.6 is 0 Å². The summed E-state index contributed by atoms with van der Waals surface area (Å²) in [6.07, 6.45) is 5.31. The maximum Gasteiger partial charge on any atom is 0.225 e. The highest BCUT2D eigenvalue weighted by atomic mass is 16.5. The summed E-state index contributed by atoms with van der Waals surface area (Å²) in [6.45, 7) is 7.59. The van der Waals surface area contributed by atoms with Crippen molar-refractivity contribution in [2.24, 2.45) is 11.3 Å². The molecule has 2 atom stereocenters. The molecule has 0 radical (unpaired) electrons. The van der Waals surface area contributed by atoms with E-state index in [1.165, 1.54) is 0 Å². The molecule has 2 N–H and O–H groups in total. The molecule has 1 aliphatic heterocycles. The van der Waals surface area contributed by atoms with Crippen LogP contribution in [-0.2, 0) is 9.53 Å². The van der Waals surface area contributed by atoms with Crippen molar-refractivity contribution in [1.82, 2.24) is 5.32 Å². The molecule has 0 aromatic carbocycles. The van der Waals surface area contributed by atoms with E-state index >= 15 is 0 Å². The number of aliphatic hydroxyl groups is 1. The largest absolute Gasteiger partial charge is 0.388 e. The van der Waals surface area contributed by atoms with Gasteiger partial charge in [-0.1, -0.05) is 20.8 Å². The molecule has 4 heteroatoms. The molecule has 1 saturated carbocycles. The lowest BCUT2D eigenvalue weighted by molar-refractivity contribution is -0.128.